The maximum absolute atomic E-state index is 12.6. The van der Waals surface area contributed by atoms with E-state index < -0.39 is 10.8 Å². The van der Waals surface area contributed by atoms with Crippen LogP contribution in [0.1, 0.15) is 11.1 Å². The maximum Gasteiger partial charge on any atom is 0.269 e. The lowest BCUT2D eigenvalue weighted by Crippen LogP contribution is -2.13. The molecule has 3 rings (SSSR count). The Labute approximate surface area is 224 Å². The van der Waals surface area contributed by atoms with Crippen molar-refractivity contribution in [3.63, 3.8) is 0 Å². The molecule has 35 heavy (non-hydrogen) atoms. The normalized spacial score (nSPS) is 10.9. The van der Waals surface area contributed by atoms with Crippen molar-refractivity contribution in [2.45, 2.75) is 6.61 Å². The first-order valence-electron chi connectivity index (χ1n) is 9.83. The number of nitriles is 1. The van der Waals surface area contributed by atoms with Crippen molar-refractivity contribution in [1.29, 1.82) is 5.26 Å². The minimum absolute atomic E-state index is 0.0311. The zero-order valence-electron chi connectivity index (χ0n) is 18.1. The van der Waals surface area contributed by atoms with E-state index in [9.17, 15) is 20.2 Å². The van der Waals surface area contributed by atoms with Crippen LogP contribution >= 0.6 is 45.8 Å². The number of benzene rings is 3. The summed E-state index contributed by atoms with van der Waals surface area (Å²) >= 11 is 13.9. The number of nitro benzene ring substituents is 1. The van der Waals surface area contributed by atoms with E-state index in [2.05, 4.69) is 5.32 Å². The Balaban J connectivity index is 1.82. The van der Waals surface area contributed by atoms with Gasteiger partial charge in [-0.2, -0.15) is 5.26 Å². The number of carbonyl (C=O) groups is 1. The SMILES string of the molecule is COc1cc(/C=C(\C#N)C(=O)Nc2ccc(Cl)c(Cl)c2)cc(I)c1OCc1cccc([N+](=O)[O-])c1. The van der Waals surface area contributed by atoms with Crippen molar-refractivity contribution >= 4 is 69.2 Å². The Morgan fingerprint density at radius 2 is 1.97 bits per heavy atom. The lowest BCUT2D eigenvalue weighted by Gasteiger charge is -2.14. The summed E-state index contributed by atoms with van der Waals surface area (Å²) in [5.74, 6) is 0.178. The molecule has 8 nitrogen and oxygen atoms in total. The number of hydrogen-bond donors (Lipinski definition) is 1. The Kier molecular flexibility index (Phi) is 8.92. The molecule has 3 aromatic rings. The fraction of sp³-hybridized carbons (Fsp3) is 0.0833. The molecule has 0 unspecified atom stereocenters. The van der Waals surface area contributed by atoms with E-state index in [4.69, 9.17) is 32.7 Å². The number of non-ortho nitro benzene ring substituents is 1. The Morgan fingerprint density at radius 1 is 1.20 bits per heavy atom. The summed E-state index contributed by atoms with van der Waals surface area (Å²) < 4.78 is 12.0. The van der Waals surface area contributed by atoms with Crippen molar-refractivity contribution in [2.24, 2.45) is 0 Å². The molecule has 0 saturated carbocycles. The maximum atomic E-state index is 12.6. The standard InChI is InChI=1S/C24H16Cl2IN3O5/c1-34-22-10-15(7-16(12-28)24(31)29-17-5-6-19(25)20(26)11-17)9-21(27)23(22)35-13-14-3-2-4-18(8-14)30(32)33/h2-11H,13H2,1H3,(H,29,31)/b16-7+. The van der Waals surface area contributed by atoms with Gasteiger partial charge in [-0.25, -0.2) is 0 Å². The van der Waals surface area contributed by atoms with Crippen LogP contribution in [0.15, 0.2) is 60.2 Å². The molecule has 1 N–H and O–H groups in total. The smallest absolute Gasteiger partial charge is 0.269 e. The predicted molar refractivity (Wildman–Crippen MR) is 142 cm³/mol. The van der Waals surface area contributed by atoms with Gasteiger partial charge in [-0.3, -0.25) is 14.9 Å². The molecule has 0 aromatic heterocycles. The number of anilines is 1. The van der Waals surface area contributed by atoms with E-state index in [1.165, 1.54) is 37.5 Å². The van der Waals surface area contributed by atoms with Gasteiger partial charge >= 0.3 is 0 Å². The van der Waals surface area contributed by atoms with Gasteiger partial charge in [-0.15, -0.1) is 0 Å². The average Bonchev–Trinajstić information content (AvgIpc) is 2.83. The minimum Gasteiger partial charge on any atom is -0.493 e. The Bertz CT molecular complexity index is 1370. The molecule has 11 heteroatoms. The summed E-state index contributed by atoms with van der Waals surface area (Å²) in [6.45, 7) is 0.0821. The Hall–Kier alpha value is -3.33. The zero-order chi connectivity index (χ0) is 25.5. The summed E-state index contributed by atoms with van der Waals surface area (Å²) in [7, 11) is 1.46. The van der Waals surface area contributed by atoms with Gasteiger partial charge in [0.2, 0.25) is 0 Å². The van der Waals surface area contributed by atoms with E-state index >= 15 is 0 Å². The topological polar surface area (TPSA) is 114 Å². The van der Waals surface area contributed by atoms with Gasteiger partial charge in [0.15, 0.2) is 11.5 Å². The highest BCUT2D eigenvalue weighted by Crippen LogP contribution is 2.35. The Morgan fingerprint density at radius 3 is 2.63 bits per heavy atom. The van der Waals surface area contributed by atoms with E-state index in [0.717, 1.165) is 0 Å². The van der Waals surface area contributed by atoms with Crippen LogP contribution < -0.4 is 14.8 Å². The lowest BCUT2D eigenvalue weighted by molar-refractivity contribution is -0.384. The van der Waals surface area contributed by atoms with Crippen molar-refractivity contribution in [1.82, 2.24) is 0 Å². The van der Waals surface area contributed by atoms with E-state index in [1.807, 2.05) is 28.7 Å². The van der Waals surface area contributed by atoms with E-state index in [-0.39, 0.29) is 22.9 Å². The highest BCUT2D eigenvalue weighted by atomic mass is 127. The van der Waals surface area contributed by atoms with Crippen molar-refractivity contribution in [3.8, 4) is 17.6 Å². The van der Waals surface area contributed by atoms with Gasteiger partial charge in [0, 0.05) is 17.8 Å². The summed E-state index contributed by atoms with van der Waals surface area (Å²) in [4.78, 5) is 23.1. The van der Waals surface area contributed by atoms with Crippen LogP contribution in [0.4, 0.5) is 11.4 Å². The highest BCUT2D eigenvalue weighted by molar-refractivity contribution is 14.1. The molecule has 0 bridgehead atoms. The summed E-state index contributed by atoms with van der Waals surface area (Å²) in [5.41, 5.74) is 1.37. The molecule has 0 radical (unpaired) electrons. The highest BCUT2D eigenvalue weighted by Gasteiger charge is 2.15. The average molecular weight is 624 g/mol. The molecule has 0 aliphatic carbocycles. The first-order chi connectivity index (χ1) is 16.7. The second-order valence-electron chi connectivity index (χ2n) is 7.00. The summed E-state index contributed by atoms with van der Waals surface area (Å²) in [6.07, 6.45) is 1.42. The number of carbonyl (C=O) groups excluding carboxylic acids is 1. The van der Waals surface area contributed by atoms with Gasteiger partial charge in [-0.05, 0) is 70.1 Å². The molecule has 0 fully saturated rings. The van der Waals surface area contributed by atoms with Crippen LogP contribution in [0, 0.1) is 25.0 Å². The molecule has 1 amide bonds. The van der Waals surface area contributed by atoms with E-state index in [1.54, 1.807) is 30.3 Å². The lowest BCUT2D eigenvalue weighted by atomic mass is 10.1. The molecule has 0 spiro atoms. The number of halogens is 3. The van der Waals surface area contributed by atoms with Crippen molar-refractivity contribution in [2.75, 3.05) is 12.4 Å². The number of hydrogen-bond acceptors (Lipinski definition) is 6. The van der Waals surface area contributed by atoms with Crippen molar-refractivity contribution in [3.05, 3.63) is 95.0 Å². The molecular weight excluding hydrogens is 608 g/mol. The molecule has 178 valence electrons. The second-order valence-corrected chi connectivity index (χ2v) is 8.98. The van der Waals surface area contributed by atoms with E-state index in [0.29, 0.717) is 36.9 Å². The largest absolute Gasteiger partial charge is 0.493 e. The fourth-order valence-corrected chi connectivity index (χ4v) is 4.05. The first kappa shape index (κ1) is 26.3. The predicted octanol–water partition coefficient (Wildman–Crippen LogP) is 6.64. The van der Waals surface area contributed by atoms with Crippen LogP contribution in [0.25, 0.3) is 6.08 Å². The van der Waals surface area contributed by atoms with Crippen LogP contribution in [-0.2, 0) is 11.4 Å². The fourth-order valence-electron chi connectivity index (χ4n) is 2.97. The van der Waals surface area contributed by atoms with Gasteiger partial charge in [0.05, 0.1) is 25.6 Å². The quantitative estimate of drug-likeness (QED) is 0.0989. The summed E-state index contributed by atoms with van der Waals surface area (Å²) in [6, 6.07) is 16.0. The number of amides is 1. The third-order valence-electron chi connectivity index (χ3n) is 4.61. The minimum atomic E-state index is -0.620. The monoisotopic (exact) mass is 623 g/mol. The second kappa shape index (κ2) is 11.9. The van der Waals surface area contributed by atoms with Crippen LogP contribution in [0.3, 0.4) is 0 Å². The third-order valence-corrected chi connectivity index (χ3v) is 6.15. The number of nitrogens with one attached hydrogen (secondary N) is 1. The number of nitrogens with zero attached hydrogens (tertiary/aromatic N) is 2. The number of rotatable bonds is 8. The summed E-state index contributed by atoms with van der Waals surface area (Å²) in [5, 5.41) is 23.7. The zero-order valence-corrected chi connectivity index (χ0v) is 21.7. The van der Waals surface area contributed by atoms with Crippen molar-refractivity contribution < 1.29 is 19.2 Å². The molecule has 0 aliphatic rings. The first-order valence-corrected chi connectivity index (χ1v) is 11.7. The number of ether oxygens (including phenoxy) is 2. The van der Waals surface area contributed by atoms with Crippen LogP contribution in [-0.4, -0.2) is 17.9 Å². The molecule has 0 aliphatic heterocycles. The molecule has 0 atom stereocenters. The van der Waals surface area contributed by atoms with Gasteiger partial charge in [0.25, 0.3) is 11.6 Å². The van der Waals surface area contributed by atoms with Crippen LogP contribution in [0.2, 0.25) is 10.0 Å². The van der Waals surface area contributed by atoms with Gasteiger partial charge < -0.3 is 14.8 Å². The third kappa shape index (κ3) is 6.85. The molecule has 3 aromatic carbocycles. The molecule has 0 saturated heterocycles. The van der Waals surface area contributed by atoms with Gasteiger partial charge in [-0.1, -0.05) is 35.3 Å². The van der Waals surface area contributed by atoms with Crippen LogP contribution in [0.5, 0.6) is 11.5 Å². The number of nitro groups is 1. The molecular formula is C24H16Cl2IN3O5. The number of methoxy groups -OCH3 is 1. The van der Waals surface area contributed by atoms with Gasteiger partial charge in [0.1, 0.15) is 18.2 Å². The molecule has 0 heterocycles.